The lowest BCUT2D eigenvalue weighted by Gasteiger charge is -2.26. The zero-order valence-electron chi connectivity index (χ0n) is 7.52. The zero-order chi connectivity index (χ0) is 9.61. The first kappa shape index (κ1) is 12.4. The second-order valence-corrected chi connectivity index (χ2v) is 9.08. The lowest BCUT2D eigenvalue weighted by molar-refractivity contribution is -0.113. The molecule has 0 rings (SSSR count). The van der Waals surface area contributed by atoms with E-state index < -0.39 is 5.62 Å². The summed E-state index contributed by atoms with van der Waals surface area (Å²) in [6.45, 7) is 4.45. The fourth-order valence-electron chi connectivity index (χ4n) is 0.603. The highest BCUT2D eigenvalue weighted by Gasteiger charge is 2.21. The van der Waals surface area contributed by atoms with Gasteiger partial charge in [-0.3, -0.25) is 9.46 Å². The molecular formula is C6H14NO2PS2. The van der Waals surface area contributed by atoms with E-state index in [9.17, 15) is 4.79 Å². The van der Waals surface area contributed by atoms with Crippen molar-refractivity contribution in [3.8, 4) is 0 Å². The molecule has 0 aliphatic heterocycles. The molecule has 12 heavy (non-hydrogen) atoms. The molecule has 0 saturated carbocycles. The molecule has 0 bridgehead atoms. The van der Waals surface area contributed by atoms with Crippen LogP contribution in [0, 0.1) is 0 Å². The van der Waals surface area contributed by atoms with Gasteiger partial charge in [-0.2, -0.15) is 0 Å². The Labute approximate surface area is 82.7 Å². The first-order valence-corrected chi connectivity index (χ1v) is 7.94. The second-order valence-electron chi connectivity index (χ2n) is 1.98. The van der Waals surface area contributed by atoms with Gasteiger partial charge in [0.25, 0.3) is 0 Å². The van der Waals surface area contributed by atoms with Crippen LogP contribution in [0.5, 0.6) is 0 Å². The van der Waals surface area contributed by atoms with Crippen LogP contribution in [-0.2, 0) is 21.1 Å². The van der Waals surface area contributed by atoms with Gasteiger partial charge in [-0.1, -0.05) is 18.3 Å². The molecule has 0 aliphatic rings. The molecule has 6 heteroatoms. The van der Waals surface area contributed by atoms with Crippen LogP contribution in [0.15, 0.2) is 0 Å². The predicted molar refractivity (Wildman–Crippen MR) is 57.9 cm³/mol. The second kappa shape index (κ2) is 5.97. The Bertz CT molecular complexity index is 178. The summed E-state index contributed by atoms with van der Waals surface area (Å²) in [6.07, 6.45) is 0.735. The highest BCUT2D eigenvalue weighted by Crippen LogP contribution is 2.61. The van der Waals surface area contributed by atoms with E-state index in [0.717, 1.165) is 12.2 Å². The summed E-state index contributed by atoms with van der Waals surface area (Å²) < 4.78 is 6.88. The van der Waals surface area contributed by atoms with Crippen LogP contribution in [0.25, 0.3) is 0 Å². The Morgan fingerprint density at radius 3 is 2.58 bits per heavy atom. The van der Waals surface area contributed by atoms with Crippen LogP contribution in [0.3, 0.4) is 0 Å². The van der Waals surface area contributed by atoms with E-state index in [0.29, 0.717) is 6.61 Å². The van der Waals surface area contributed by atoms with Crippen LogP contribution in [0.4, 0.5) is 0 Å². The van der Waals surface area contributed by atoms with Crippen LogP contribution in [0.2, 0.25) is 0 Å². The summed E-state index contributed by atoms with van der Waals surface area (Å²) in [7, 11) is 1.67. The molecule has 1 atom stereocenters. The maximum Gasteiger partial charge on any atom is 0.215 e. The standard InChI is InChI=1S/C6H14NO2PS2/c1-4-9-10(11,12-5-2)7(3)6-8/h6H,4-5H2,1-3H3. The molecule has 0 aromatic carbocycles. The molecule has 0 heterocycles. The normalized spacial score (nSPS) is 15.2. The number of hydrogen-bond donors (Lipinski definition) is 0. The maximum absolute atomic E-state index is 10.5. The summed E-state index contributed by atoms with van der Waals surface area (Å²) in [5.41, 5.74) is -2.10. The van der Waals surface area contributed by atoms with E-state index in [2.05, 4.69) is 0 Å². The monoisotopic (exact) mass is 227 g/mol. The van der Waals surface area contributed by atoms with Crippen molar-refractivity contribution >= 4 is 35.2 Å². The smallest absolute Gasteiger partial charge is 0.215 e. The van der Waals surface area contributed by atoms with E-state index in [-0.39, 0.29) is 0 Å². The molecular weight excluding hydrogens is 213 g/mol. The van der Waals surface area contributed by atoms with Gasteiger partial charge < -0.3 is 4.52 Å². The van der Waals surface area contributed by atoms with Crippen molar-refractivity contribution in [1.82, 2.24) is 4.67 Å². The summed E-state index contributed by atoms with van der Waals surface area (Å²) >= 11 is 6.80. The molecule has 72 valence electrons. The van der Waals surface area contributed by atoms with Crippen molar-refractivity contribution in [1.29, 1.82) is 0 Å². The van der Waals surface area contributed by atoms with Crippen molar-refractivity contribution in [2.24, 2.45) is 0 Å². The summed E-state index contributed by atoms with van der Waals surface area (Å²) in [6, 6.07) is 0. The van der Waals surface area contributed by atoms with Gasteiger partial charge in [-0.05, 0) is 24.5 Å². The van der Waals surface area contributed by atoms with Crippen LogP contribution in [-0.4, -0.2) is 30.5 Å². The third kappa shape index (κ3) is 3.44. The topological polar surface area (TPSA) is 29.5 Å². The Kier molecular flexibility index (Phi) is 6.19. The van der Waals surface area contributed by atoms with E-state index >= 15 is 0 Å². The Morgan fingerprint density at radius 1 is 1.67 bits per heavy atom. The molecule has 0 saturated heterocycles. The quantitative estimate of drug-likeness (QED) is 0.513. The Hall–Kier alpha value is 0.430. The fraction of sp³-hybridized carbons (Fsp3) is 0.833. The SMILES string of the molecule is CCOP(=S)(SCC)N(C)C=O. The minimum absolute atomic E-state index is 0.558. The Morgan fingerprint density at radius 2 is 2.25 bits per heavy atom. The minimum Gasteiger partial charge on any atom is -0.327 e. The average molecular weight is 227 g/mol. The largest absolute Gasteiger partial charge is 0.327 e. The number of carbonyl (C=O) groups is 1. The Balaban J connectivity index is 4.37. The number of amides is 1. The first-order chi connectivity index (χ1) is 5.60. The predicted octanol–water partition coefficient (Wildman–Crippen LogP) is 2.09. The first-order valence-electron chi connectivity index (χ1n) is 3.68. The van der Waals surface area contributed by atoms with Gasteiger partial charge >= 0.3 is 0 Å². The van der Waals surface area contributed by atoms with Gasteiger partial charge in [0.15, 0.2) is 0 Å². The number of nitrogens with zero attached hydrogens (tertiary/aromatic N) is 1. The lowest BCUT2D eigenvalue weighted by atomic mass is 10.9. The van der Waals surface area contributed by atoms with E-state index in [1.54, 1.807) is 7.05 Å². The number of carbonyl (C=O) groups excluding carboxylic acids is 1. The molecule has 0 N–H and O–H groups in total. The van der Waals surface area contributed by atoms with Gasteiger partial charge in [0.05, 0.1) is 6.61 Å². The van der Waals surface area contributed by atoms with Crippen molar-refractivity contribution in [2.75, 3.05) is 19.4 Å². The van der Waals surface area contributed by atoms with Gasteiger partial charge in [-0.25, -0.2) is 0 Å². The highest BCUT2D eigenvalue weighted by molar-refractivity contribution is 8.68. The molecule has 3 nitrogen and oxygen atoms in total. The van der Waals surface area contributed by atoms with Gasteiger partial charge in [0.1, 0.15) is 0 Å². The fourth-order valence-corrected chi connectivity index (χ4v) is 5.37. The van der Waals surface area contributed by atoms with Crippen molar-refractivity contribution in [3.05, 3.63) is 0 Å². The molecule has 1 unspecified atom stereocenters. The summed E-state index contributed by atoms with van der Waals surface area (Å²) in [4.78, 5) is 10.5. The van der Waals surface area contributed by atoms with Crippen molar-refractivity contribution in [3.63, 3.8) is 0 Å². The van der Waals surface area contributed by atoms with Crippen LogP contribution >= 0.6 is 17.0 Å². The van der Waals surface area contributed by atoms with Crippen LogP contribution in [0.1, 0.15) is 13.8 Å². The minimum atomic E-state index is -2.10. The van der Waals surface area contributed by atoms with Gasteiger partial charge in [0, 0.05) is 7.05 Å². The molecule has 0 spiro atoms. The van der Waals surface area contributed by atoms with E-state index in [4.69, 9.17) is 16.3 Å². The maximum atomic E-state index is 10.5. The molecule has 0 aromatic rings. The molecule has 0 radical (unpaired) electrons. The molecule has 0 aromatic heterocycles. The van der Waals surface area contributed by atoms with E-state index in [1.165, 1.54) is 16.1 Å². The molecule has 0 aliphatic carbocycles. The van der Waals surface area contributed by atoms with Crippen molar-refractivity contribution < 1.29 is 9.32 Å². The zero-order valence-corrected chi connectivity index (χ0v) is 10.0. The highest BCUT2D eigenvalue weighted by atomic mass is 32.9. The number of rotatable bonds is 6. The van der Waals surface area contributed by atoms with Crippen LogP contribution < -0.4 is 0 Å². The summed E-state index contributed by atoms with van der Waals surface area (Å²) in [5.74, 6) is 0.870. The third-order valence-corrected chi connectivity index (χ3v) is 8.04. The van der Waals surface area contributed by atoms with Crippen molar-refractivity contribution in [2.45, 2.75) is 13.8 Å². The third-order valence-electron chi connectivity index (χ3n) is 1.12. The molecule has 0 fully saturated rings. The van der Waals surface area contributed by atoms with Gasteiger partial charge in [0.2, 0.25) is 12.0 Å². The molecule has 1 amide bonds. The van der Waals surface area contributed by atoms with E-state index in [1.807, 2.05) is 13.8 Å². The van der Waals surface area contributed by atoms with Gasteiger partial charge in [-0.15, -0.1) is 0 Å². The lowest BCUT2D eigenvalue weighted by Crippen LogP contribution is -2.12. The number of hydrogen-bond acceptors (Lipinski definition) is 4. The average Bonchev–Trinajstić information content (AvgIpc) is 2.04. The summed E-state index contributed by atoms with van der Waals surface area (Å²) in [5, 5.41) is 0.